The van der Waals surface area contributed by atoms with E-state index in [1.54, 1.807) is 0 Å². The molecular formula is C23H38O18S. The highest BCUT2D eigenvalue weighted by atomic mass is 32.3. The molecule has 42 heavy (non-hydrogen) atoms. The molecule has 18 nitrogen and oxygen atoms in total. The summed E-state index contributed by atoms with van der Waals surface area (Å²) in [6.45, 7) is -0.369. The monoisotopic (exact) mass is 634 g/mol. The van der Waals surface area contributed by atoms with Gasteiger partial charge in [0, 0.05) is 18.4 Å². The minimum atomic E-state index is -5.02. The topological polar surface area (TPSA) is 289 Å². The van der Waals surface area contributed by atoms with Crippen LogP contribution in [0.4, 0.5) is 0 Å². The maximum Gasteiger partial charge on any atom is 0.397 e. The lowest BCUT2D eigenvalue weighted by Crippen LogP contribution is -2.59. The van der Waals surface area contributed by atoms with Crippen molar-refractivity contribution in [1.29, 1.82) is 0 Å². The van der Waals surface area contributed by atoms with Crippen molar-refractivity contribution in [2.24, 2.45) is 11.8 Å². The Morgan fingerprint density at radius 3 is 2.17 bits per heavy atom. The van der Waals surface area contributed by atoms with Gasteiger partial charge in [-0.2, -0.15) is 8.42 Å². The van der Waals surface area contributed by atoms with Gasteiger partial charge in [-0.3, -0.25) is 4.55 Å². The summed E-state index contributed by atoms with van der Waals surface area (Å²) in [7, 11) is -5.02. The third kappa shape index (κ3) is 8.76. The average Bonchev–Trinajstić information content (AvgIpc) is 2.91. The summed E-state index contributed by atoms with van der Waals surface area (Å²) in [5.74, 6) is -3.71. The van der Waals surface area contributed by atoms with Crippen LogP contribution in [0.15, 0.2) is 11.8 Å². The van der Waals surface area contributed by atoms with Gasteiger partial charge in [-0.1, -0.05) is 0 Å². The molecule has 9 N–H and O–H groups in total. The molecule has 2 fully saturated rings. The zero-order valence-corrected chi connectivity index (χ0v) is 23.2. The van der Waals surface area contributed by atoms with Crippen molar-refractivity contribution in [1.82, 2.24) is 0 Å². The van der Waals surface area contributed by atoms with E-state index in [0.717, 1.165) is 6.08 Å². The number of aliphatic hydroxyl groups excluding tert-OH is 7. The van der Waals surface area contributed by atoms with Gasteiger partial charge in [-0.15, -0.1) is 0 Å². The second kappa shape index (κ2) is 14.9. The molecule has 3 aliphatic rings. The van der Waals surface area contributed by atoms with Crippen LogP contribution in [0.1, 0.15) is 13.3 Å². The van der Waals surface area contributed by atoms with E-state index in [1.807, 2.05) is 0 Å². The van der Waals surface area contributed by atoms with E-state index in [1.165, 1.54) is 6.92 Å². The fourth-order valence-electron chi connectivity index (χ4n) is 5.08. The molecule has 13 atom stereocenters. The normalized spacial score (nSPS) is 41.2. The van der Waals surface area contributed by atoms with E-state index in [2.05, 4.69) is 4.18 Å². The zero-order chi connectivity index (χ0) is 31.4. The molecule has 0 aliphatic carbocycles. The first-order valence-corrected chi connectivity index (χ1v) is 14.4. The van der Waals surface area contributed by atoms with Crippen LogP contribution in [0.25, 0.3) is 0 Å². The number of ether oxygens (including phenoxy) is 5. The van der Waals surface area contributed by atoms with Crippen molar-refractivity contribution >= 4 is 16.4 Å². The van der Waals surface area contributed by atoms with Gasteiger partial charge in [-0.25, -0.2) is 8.98 Å². The first-order chi connectivity index (χ1) is 19.6. The minimum absolute atomic E-state index is 0.0352. The summed E-state index contributed by atoms with van der Waals surface area (Å²) in [4.78, 5) is 11.2. The highest BCUT2D eigenvalue weighted by Gasteiger charge is 2.47. The Balaban J connectivity index is 1.58. The highest BCUT2D eigenvalue weighted by Crippen LogP contribution is 2.34. The van der Waals surface area contributed by atoms with E-state index < -0.39 is 115 Å². The number of carboxylic acid groups (broad SMARTS) is 1. The molecule has 3 rings (SSSR count). The third-order valence-corrected chi connectivity index (χ3v) is 7.86. The molecule has 0 aromatic rings. The van der Waals surface area contributed by atoms with Gasteiger partial charge in [0.15, 0.2) is 12.4 Å². The van der Waals surface area contributed by atoms with Crippen LogP contribution in [0.3, 0.4) is 0 Å². The fraction of sp³-hybridized carbons (Fsp3) is 0.870. The van der Waals surface area contributed by atoms with Crippen LogP contribution in [0.2, 0.25) is 0 Å². The first kappa shape index (κ1) is 34.9. The number of carbonyl (C=O) groups is 1. The Hall–Kier alpha value is -1.56. The number of rotatable bonds is 13. The SMILES string of the molecule is CC1O[C@@H](COCC2C(CCOC[C@@H]3OC(C(=O)O)=CC(O)C3O)[C@H](O)OC(CO)[C@H]2O)C(O)C(OS(=O)(=O)O)[C@@H]1O. The van der Waals surface area contributed by atoms with Gasteiger partial charge < -0.3 is 64.5 Å². The number of carboxylic acids is 1. The molecule has 3 aliphatic heterocycles. The van der Waals surface area contributed by atoms with Crippen molar-refractivity contribution in [2.75, 3.05) is 33.0 Å². The smallest absolute Gasteiger partial charge is 0.397 e. The van der Waals surface area contributed by atoms with Gasteiger partial charge >= 0.3 is 16.4 Å². The van der Waals surface area contributed by atoms with Crippen LogP contribution < -0.4 is 0 Å². The quantitative estimate of drug-likeness (QED) is 0.0681. The number of aliphatic hydroxyl groups is 7. The predicted octanol–water partition coefficient (Wildman–Crippen LogP) is -4.50. The Morgan fingerprint density at radius 2 is 1.55 bits per heavy atom. The molecule has 0 aromatic heterocycles. The lowest BCUT2D eigenvalue weighted by Gasteiger charge is -2.43. The first-order valence-electron chi connectivity index (χ1n) is 13.1. The second-order valence-electron chi connectivity index (χ2n) is 10.3. The third-order valence-electron chi connectivity index (χ3n) is 7.40. The van der Waals surface area contributed by atoms with Gasteiger partial charge in [0.1, 0.15) is 42.7 Å². The Kier molecular flexibility index (Phi) is 12.4. The molecule has 19 heteroatoms. The van der Waals surface area contributed by atoms with Crippen molar-refractivity contribution in [2.45, 2.75) is 80.7 Å². The summed E-state index contributed by atoms with van der Waals surface area (Å²) >= 11 is 0. The molecule has 0 bridgehead atoms. The summed E-state index contributed by atoms with van der Waals surface area (Å²) < 4.78 is 62.7. The van der Waals surface area contributed by atoms with Gasteiger partial charge in [0.2, 0.25) is 5.76 Å². The number of hydrogen-bond donors (Lipinski definition) is 9. The molecule has 2 saturated heterocycles. The van der Waals surface area contributed by atoms with Gasteiger partial charge in [-0.05, 0) is 19.4 Å². The van der Waals surface area contributed by atoms with Crippen molar-refractivity contribution < 1.29 is 86.5 Å². The molecule has 0 radical (unpaired) electrons. The molecular weight excluding hydrogens is 596 g/mol. The molecule has 244 valence electrons. The molecule has 8 unspecified atom stereocenters. The van der Waals surface area contributed by atoms with Gasteiger partial charge in [0.05, 0.1) is 38.6 Å². The second-order valence-corrected chi connectivity index (χ2v) is 11.3. The zero-order valence-electron chi connectivity index (χ0n) is 22.4. The summed E-state index contributed by atoms with van der Waals surface area (Å²) in [5, 5.41) is 80.5. The van der Waals surface area contributed by atoms with Crippen LogP contribution in [0.5, 0.6) is 0 Å². The molecule has 3 heterocycles. The Bertz CT molecular complexity index is 1020. The molecule has 0 aromatic carbocycles. The lowest BCUT2D eigenvalue weighted by molar-refractivity contribution is -0.268. The summed E-state index contributed by atoms with van der Waals surface area (Å²) in [6, 6.07) is 0. The molecule has 0 saturated carbocycles. The Morgan fingerprint density at radius 1 is 0.881 bits per heavy atom. The maximum atomic E-state index is 11.2. The largest absolute Gasteiger partial charge is 0.478 e. The lowest BCUT2D eigenvalue weighted by atomic mass is 9.81. The van der Waals surface area contributed by atoms with E-state index in [-0.39, 0.29) is 26.2 Å². The van der Waals surface area contributed by atoms with Crippen molar-refractivity contribution in [3.8, 4) is 0 Å². The standard InChI is InChI=1S/C23H38O18S/c1-9-17(26)21(41-42(33,34)35)20(29)16(38-9)8-37-6-11-10(23(32)40-14(5-24)18(11)27)2-3-36-7-15-19(28)12(25)4-13(39-15)22(30)31/h4,9-12,14-21,23-29,32H,2-3,5-8H2,1H3,(H,30,31)(H,33,34,35)/t9?,10?,11?,12?,14?,15-,16-,17+,18-,19?,20?,21?,23+/m0/s1. The van der Waals surface area contributed by atoms with E-state index >= 15 is 0 Å². The molecule has 0 spiro atoms. The number of aliphatic carboxylic acids is 1. The average molecular weight is 635 g/mol. The highest BCUT2D eigenvalue weighted by molar-refractivity contribution is 7.80. The van der Waals surface area contributed by atoms with Crippen molar-refractivity contribution in [3.05, 3.63) is 11.8 Å². The molecule has 0 amide bonds. The van der Waals surface area contributed by atoms with E-state index in [9.17, 15) is 49.0 Å². The van der Waals surface area contributed by atoms with Crippen LogP contribution in [0, 0.1) is 11.8 Å². The van der Waals surface area contributed by atoms with Crippen LogP contribution in [-0.2, 0) is 43.1 Å². The minimum Gasteiger partial charge on any atom is -0.478 e. The summed E-state index contributed by atoms with van der Waals surface area (Å²) in [6.07, 6.45) is -14.6. The maximum absolute atomic E-state index is 11.2. The predicted molar refractivity (Wildman–Crippen MR) is 133 cm³/mol. The fourth-order valence-corrected chi connectivity index (χ4v) is 5.59. The van der Waals surface area contributed by atoms with E-state index in [0.29, 0.717) is 0 Å². The van der Waals surface area contributed by atoms with Crippen molar-refractivity contribution in [3.63, 3.8) is 0 Å². The van der Waals surface area contributed by atoms with E-state index in [4.69, 9.17) is 33.3 Å². The number of hydrogen-bond acceptors (Lipinski definition) is 16. The van der Waals surface area contributed by atoms with Gasteiger partial charge in [0.25, 0.3) is 0 Å². The Labute approximate surface area is 240 Å². The van der Waals surface area contributed by atoms with Crippen LogP contribution >= 0.6 is 0 Å². The summed E-state index contributed by atoms with van der Waals surface area (Å²) in [5.41, 5.74) is 0. The van der Waals surface area contributed by atoms with Crippen LogP contribution in [-0.4, -0.2) is 160 Å².